The van der Waals surface area contributed by atoms with Gasteiger partial charge >= 0.3 is 6.09 Å². The molecule has 3 aromatic heterocycles. The summed E-state index contributed by atoms with van der Waals surface area (Å²) in [4.78, 5) is 25.1. The first-order valence-corrected chi connectivity index (χ1v) is 11.2. The number of morpholine rings is 1. The fraction of sp³-hybridized carbons (Fsp3) is 0.478. The Balaban J connectivity index is 1.34. The van der Waals surface area contributed by atoms with Gasteiger partial charge in [-0.05, 0) is 56.5 Å². The summed E-state index contributed by atoms with van der Waals surface area (Å²) in [5, 5.41) is 20.9. The SMILES string of the molecule is Cc1onc(OC[C@@H]2COC(C)(C)CN2C(=O)O)c1-c1ccn2nc(NC(=O)C3CC3)cc2c1. The average Bonchev–Trinajstić information content (AvgIpc) is 3.46. The van der Waals surface area contributed by atoms with E-state index in [-0.39, 0.29) is 37.5 Å². The molecule has 11 heteroatoms. The van der Waals surface area contributed by atoms with Crippen molar-refractivity contribution in [3.63, 3.8) is 0 Å². The fourth-order valence-electron chi connectivity index (χ4n) is 4.10. The number of aryl methyl sites for hydroxylation is 1. The fourth-order valence-corrected chi connectivity index (χ4v) is 4.10. The molecule has 1 aliphatic heterocycles. The van der Waals surface area contributed by atoms with Crippen molar-refractivity contribution in [2.45, 2.75) is 45.3 Å². The van der Waals surface area contributed by atoms with Gasteiger partial charge in [0.05, 0.1) is 35.9 Å². The van der Waals surface area contributed by atoms with Gasteiger partial charge in [0, 0.05) is 18.2 Å². The van der Waals surface area contributed by atoms with E-state index in [1.54, 1.807) is 23.7 Å². The van der Waals surface area contributed by atoms with Gasteiger partial charge in [0.2, 0.25) is 5.91 Å². The molecule has 0 spiro atoms. The predicted octanol–water partition coefficient (Wildman–Crippen LogP) is 3.18. The minimum absolute atomic E-state index is 0.000297. The number of amides is 2. The van der Waals surface area contributed by atoms with E-state index in [0.29, 0.717) is 17.1 Å². The third-order valence-electron chi connectivity index (χ3n) is 6.10. The highest BCUT2D eigenvalue weighted by molar-refractivity contribution is 5.93. The summed E-state index contributed by atoms with van der Waals surface area (Å²) in [6, 6.07) is 5.10. The van der Waals surface area contributed by atoms with Crippen molar-refractivity contribution < 1.29 is 28.7 Å². The number of carboxylic acid groups (broad SMARTS) is 1. The van der Waals surface area contributed by atoms with Crippen LogP contribution in [0.15, 0.2) is 28.9 Å². The molecule has 180 valence electrons. The van der Waals surface area contributed by atoms with Crippen LogP contribution in [-0.4, -0.2) is 68.2 Å². The van der Waals surface area contributed by atoms with E-state index < -0.39 is 17.7 Å². The molecule has 4 heterocycles. The van der Waals surface area contributed by atoms with Crippen molar-refractivity contribution in [1.82, 2.24) is 19.7 Å². The number of carbonyl (C=O) groups excluding carboxylic acids is 1. The maximum Gasteiger partial charge on any atom is 0.407 e. The second kappa shape index (κ2) is 8.32. The van der Waals surface area contributed by atoms with Gasteiger partial charge in [0.15, 0.2) is 5.82 Å². The number of carbonyl (C=O) groups is 2. The van der Waals surface area contributed by atoms with E-state index >= 15 is 0 Å². The molecule has 1 saturated carbocycles. The average molecular weight is 469 g/mol. The van der Waals surface area contributed by atoms with Gasteiger partial charge in [-0.1, -0.05) is 0 Å². The molecular formula is C23H27N5O6. The molecule has 2 N–H and O–H groups in total. The highest BCUT2D eigenvalue weighted by Gasteiger charge is 2.37. The van der Waals surface area contributed by atoms with Crippen molar-refractivity contribution in [2.24, 2.45) is 5.92 Å². The molecule has 2 aliphatic rings. The quantitative estimate of drug-likeness (QED) is 0.563. The maximum absolute atomic E-state index is 12.1. The van der Waals surface area contributed by atoms with Crippen molar-refractivity contribution >= 4 is 23.3 Å². The van der Waals surface area contributed by atoms with Crippen molar-refractivity contribution in [2.75, 3.05) is 25.1 Å². The van der Waals surface area contributed by atoms with Crippen LogP contribution in [0.1, 0.15) is 32.4 Å². The van der Waals surface area contributed by atoms with Crippen LogP contribution in [0.5, 0.6) is 5.88 Å². The summed E-state index contributed by atoms with van der Waals surface area (Å²) < 4.78 is 18.8. The molecule has 0 unspecified atom stereocenters. The number of ether oxygens (including phenoxy) is 2. The third-order valence-corrected chi connectivity index (χ3v) is 6.10. The van der Waals surface area contributed by atoms with E-state index in [4.69, 9.17) is 14.0 Å². The molecule has 34 heavy (non-hydrogen) atoms. The van der Waals surface area contributed by atoms with Crippen LogP contribution in [0.4, 0.5) is 10.6 Å². The lowest BCUT2D eigenvalue weighted by Crippen LogP contribution is -2.57. The Morgan fingerprint density at radius 1 is 1.32 bits per heavy atom. The van der Waals surface area contributed by atoms with Gasteiger partial charge in [-0.15, -0.1) is 0 Å². The minimum Gasteiger partial charge on any atom is -0.473 e. The number of anilines is 1. The number of aromatic nitrogens is 3. The van der Waals surface area contributed by atoms with E-state index in [1.165, 1.54) is 4.90 Å². The summed E-state index contributed by atoms with van der Waals surface area (Å²) in [5.41, 5.74) is 1.71. The molecule has 3 aromatic rings. The smallest absolute Gasteiger partial charge is 0.407 e. The predicted molar refractivity (Wildman–Crippen MR) is 121 cm³/mol. The first-order valence-electron chi connectivity index (χ1n) is 11.2. The Labute approximate surface area is 195 Å². The Morgan fingerprint density at radius 2 is 2.12 bits per heavy atom. The summed E-state index contributed by atoms with van der Waals surface area (Å²) in [5.74, 6) is 1.44. The molecule has 1 atom stereocenters. The van der Waals surface area contributed by atoms with Crippen LogP contribution in [0.2, 0.25) is 0 Å². The minimum atomic E-state index is -1.02. The topological polar surface area (TPSA) is 131 Å². The number of rotatable bonds is 6. The lowest BCUT2D eigenvalue weighted by atomic mass is 10.1. The zero-order chi connectivity index (χ0) is 24.0. The number of nitrogens with one attached hydrogen (secondary N) is 1. The summed E-state index contributed by atoms with van der Waals surface area (Å²) in [6.45, 7) is 6.05. The molecule has 11 nitrogen and oxygen atoms in total. The Bertz CT molecular complexity index is 1240. The molecule has 5 rings (SSSR count). The molecule has 2 amide bonds. The van der Waals surface area contributed by atoms with Crippen LogP contribution in [0.3, 0.4) is 0 Å². The van der Waals surface area contributed by atoms with Crippen molar-refractivity contribution in [1.29, 1.82) is 0 Å². The van der Waals surface area contributed by atoms with Crippen LogP contribution < -0.4 is 10.1 Å². The van der Waals surface area contributed by atoms with Gasteiger partial charge in [-0.3, -0.25) is 9.69 Å². The second-order valence-corrected chi connectivity index (χ2v) is 9.44. The highest BCUT2D eigenvalue weighted by Crippen LogP contribution is 2.34. The molecule has 0 aromatic carbocycles. The van der Waals surface area contributed by atoms with Gasteiger partial charge in [0.1, 0.15) is 12.4 Å². The third kappa shape index (κ3) is 4.43. The second-order valence-electron chi connectivity index (χ2n) is 9.44. The highest BCUT2D eigenvalue weighted by atomic mass is 16.5. The zero-order valence-electron chi connectivity index (χ0n) is 19.3. The number of fused-ring (bicyclic) bond motifs is 1. The largest absolute Gasteiger partial charge is 0.473 e. The van der Waals surface area contributed by atoms with Gasteiger partial charge in [-0.2, -0.15) is 5.10 Å². The Kier molecular flexibility index (Phi) is 5.43. The Morgan fingerprint density at radius 3 is 2.85 bits per heavy atom. The van der Waals surface area contributed by atoms with Gasteiger partial charge in [0.25, 0.3) is 5.88 Å². The van der Waals surface area contributed by atoms with Gasteiger partial charge in [-0.25, -0.2) is 9.31 Å². The maximum atomic E-state index is 12.1. The number of hydrogen-bond acceptors (Lipinski definition) is 7. The van der Waals surface area contributed by atoms with E-state index in [9.17, 15) is 14.7 Å². The van der Waals surface area contributed by atoms with Crippen molar-refractivity contribution in [3.05, 3.63) is 30.2 Å². The number of nitrogens with zero attached hydrogens (tertiary/aromatic N) is 4. The molecule has 0 radical (unpaired) electrons. The van der Waals surface area contributed by atoms with E-state index in [2.05, 4.69) is 15.6 Å². The Hall–Kier alpha value is -3.60. The summed E-state index contributed by atoms with van der Waals surface area (Å²) >= 11 is 0. The molecule has 1 aliphatic carbocycles. The summed E-state index contributed by atoms with van der Waals surface area (Å²) in [6.07, 6.45) is 2.62. The van der Waals surface area contributed by atoms with Gasteiger partial charge < -0.3 is 24.4 Å². The van der Waals surface area contributed by atoms with Crippen molar-refractivity contribution in [3.8, 4) is 17.0 Å². The zero-order valence-corrected chi connectivity index (χ0v) is 19.3. The number of hydrogen-bond donors (Lipinski definition) is 2. The van der Waals surface area contributed by atoms with E-state index in [0.717, 1.165) is 23.9 Å². The molecule has 0 bridgehead atoms. The van der Waals surface area contributed by atoms with E-state index in [1.807, 2.05) is 26.0 Å². The van der Waals surface area contributed by atoms with Crippen LogP contribution >= 0.6 is 0 Å². The van der Waals surface area contributed by atoms with Crippen LogP contribution in [-0.2, 0) is 9.53 Å². The lowest BCUT2D eigenvalue weighted by Gasteiger charge is -2.41. The first-order chi connectivity index (χ1) is 16.2. The number of pyridine rings is 1. The van der Waals surface area contributed by atoms with Crippen LogP contribution in [0, 0.1) is 12.8 Å². The normalized spacial score (nSPS) is 19.9. The lowest BCUT2D eigenvalue weighted by molar-refractivity contribution is -0.117. The van der Waals surface area contributed by atoms with Crippen LogP contribution in [0.25, 0.3) is 16.6 Å². The molecule has 2 fully saturated rings. The first kappa shape index (κ1) is 22.2. The monoisotopic (exact) mass is 469 g/mol. The summed E-state index contributed by atoms with van der Waals surface area (Å²) in [7, 11) is 0. The molecule has 1 saturated heterocycles. The standard InChI is InChI=1S/C23H27N5O6/c1-13-19(15-6-7-28-16(8-15)9-18(25-28)24-20(29)14-4-5-14)21(26-34-13)32-10-17-11-33-23(2,3)12-27(17)22(30)31/h6-9,14,17H,4-5,10-12H2,1-3H3,(H,30,31)(H,24,25,29)/t17-/m1/s1. The molecular weight excluding hydrogens is 442 g/mol.